The van der Waals surface area contributed by atoms with E-state index < -0.39 is 0 Å². The lowest BCUT2D eigenvalue weighted by Gasteiger charge is -2.02. The average Bonchev–Trinajstić information content (AvgIpc) is 2.11. The summed E-state index contributed by atoms with van der Waals surface area (Å²) < 4.78 is 0. The Labute approximate surface area is 72.1 Å². The lowest BCUT2D eigenvalue weighted by Crippen LogP contribution is -2.33. The van der Waals surface area contributed by atoms with Gasteiger partial charge in [-0.2, -0.15) is 0 Å². The fourth-order valence-corrected chi connectivity index (χ4v) is 0.563. The summed E-state index contributed by atoms with van der Waals surface area (Å²) in [7, 11) is 1.55. The number of carbonyl (C=O) groups is 1. The summed E-state index contributed by atoms with van der Waals surface area (Å²) in [4.78, 5) is 14.4. The zero-order chi connectivity index (χ0) is 9.40. The van der Waals surface area contributed by atoms with Gasteiger partial charge in [0.25, 0.3) is 0 Å². The molecule has 0 aliphatic heterocycles. The minimum atomic E-state index is -0.242. The summed E-state index contributed by atoms with van der Waals surface area (Å²) in [5, 5.41) is 4.99. The molecule has 0 aliphatic rings. The van der Waals surface area contributed by atoms with Crippen LogP contribution >= 0.6 is 0 Å². The molecule has 0 heterocycles. The van der Waals surface area contributed by atoms with Crippen LogP contribution in [0.3, 0.4) is 0 Å². The molecule has 66 valence electrons. The van der Waals surface area contributed by atoms with E-state index in [1.807, 2.05) is 0 Å². The third-order valence-electron chi connectivity index (χ3n) is 1.17. The molecule has 0 fully saturated rings. The first-order chi connectivity index (χ1) is 5.74. The number of nitrogens with one attached hydrogen (secondary N) is 2. The van der Waals surface area contributed by atoms with Crippen LogP contribution in [0.5, 0.6) is 0 Å². The molecule has 0 rings (SSSR count). The van der Waals surface area contributed by atoms with Crippen molar-refractivity contribution in [1.29, 1.82) is 0 Å². The highest BCUT2D eigenvalue weighted by atomic mass is 16.2. The first kappa shape index (κ1) is 10.4. The summed E-state index contributed by atoms with van der Waals surface area (Å²) in [5.41, 5.74) is 0.675. The molecule has 2 N–H and O–H groups in total. The molecular weight excluding hydrogens is 154 g/mol. The molecular formula is C8H13N3O. The van der Waals surface area contributed by atoms with Crippen molar-refractivity contribution in [1.82, 2.24) is 10.6 Å². The first-order valence-corrected chi connectivity index (χ1v) is 3.48. The Morgan fingerprint density at radius 1 is 1.67 bits per heavy atom. The Morgan fingerprint density at radius 3 is 2.75 bits per heavy atom. The SMILES string of the molecule is C=C/C=C(/CNC(=O)NC)N=C. The number of hydrogen-bond donors (Lipinski definition) is 2. The Kier molecular flexibility index (Phi) is 5.34. The van der Waals surface area contributed by atoms with E-state index in [4.69, 9.17) is 0 Å². The van der Waals surface area contributed by atoms with Gasteiger partial charge in [0.15, 0.2) is 0 Å². The largest absolute Gasteiger partial charge is 0.341 e. The molecule has 2 amide bonds. The summed E-state index contributed by atoms with van der Waals surface area (Å²) >= 11 is 0. The minimum absolute atomic E-state index is 0.242. The van der Waals surface area contributed by atoms with Gasteiger partial charge >= 0.3 is 6.03 Å². The van der Waals surface area contributed by atoms with Gasteiger partial charge in [0.05, 0.1) is 12.2 Å². The third-order valence-corrected chi connectivity index (χ3v) is 1.17. The van der Waals surface area contributed by atoms with Gasteiger partial charge in [0.1, 0.15) is 0 Å². The molecule has 0 radical (unpaired) electrons. The van der Waals surface area contributed by atoms with Crippen LogP contribution in [0.1, 0.15) is 0 Å². The molecule has 0 aromatic carbocycles. The molecule has 12 heavy (non-hydrogen) atoms. The molecule has 0 aliphatic carbocycles. The van der Waals surface area contributed by atoms with E-state index in [-0.39, 0.29) is 6.03 Å². The zero-order valence-corrected chi connectivity index (χ0v) is 7.13. The second-order valence-electron chi connectivity index (χ2n) is 1.98. The number of rotatable bonds is 4. The highest BCUT2D eigenvalue weighted by molar-refractivity contribution is 5.73. The van der Waals surface area contributed by atoms with Gasteiger partial charge in [-0.1, -0.05) is 12.7 Å². The lowest BCUT2D eigenvalue weighted by molar-refractivity contribution is 0.243. The van der Waals surface area contributed by atoms with Crippen LogP contribution in [0.2, 0.25) is 0 Å². The monoisotopic (exact) mass is 167 g/mol. The summed E-state index contributed by atoms with van der Waals surface area (Å²) in [6.07, 6.45) is 3.28. The predicted molar refractivity (Wildman–Crippen MR) is 50.3 cm³/mol. The smallest absolute Gasteiger partial charge is 0.314 e. The molecule has 4 heteroatoms. The second-order valence-corrected chi connectivity index (χ2v) is 1.98. The van der Waals surface area contributed by atoms with Gasteiger partial charge in [0, 0.05) is 7.05 Å². The van der Waals surface area contributed by atoms with Gasteiger partial charge in [-0.25, -0.2) is 4.79 Å². The van der Waals surface area contributed by atoms with Crippen molar-refractivity contribution >= 4 is 12.7 Å². The summed E-state index contributed by atoms with van der Waals surface area (Å²) in [5.74, 6) is 0. The molecule has 0 bridgehead atoms. The van der Waals surface area contributed by atoms with Crippen molar-refractivity contribution in [3.63, 3.8) is 0 Å². The number of nitrogens with zero attached hydrogens (tertiary/aromatic N) is 1. The van der Waals surface area contributed by atoms with E-state index in [2.05, 4.69) is 28.9 Å². The average molecular weight is 167 g/mol. The number of urea groups is 1. The zero-order valence-electron chi connectivity index (χ0n) is 7.13. The second kappa shape index (κ2) is 6.15. The number of allylic oxidation sites excluding steroid dienone is 2. The molecule has 0 spiro atoms. The maximum absolute atomic E-state index is 10.7. The number of aliphatic imine (C=N–C) groups is 1. The topological polar surface area (TPSA) is 53.5 Å². The number of amides is 2. The molecule has 0 saturated carbocycles. The summed E-state index contributed by atoms with van der Waals surface area (Å²) in [6, 6.07) is -0.242. The Hall–Kier alpha value is -1.58. The Bertz CT molecular complexity index is 208. The van der Waals surface area contributed by atoms with Crippen molar-refractivity contribution in [2.45, 2.75) is 0 Å². The molecule has 4 nitrogen and oxygen atoms in total. The van der Waals surface area contributed by atoms with Gasteiger partial charge in [0.2, 0.25) is 0 Å². The summed E-state index contributed by atoms with van der Waals surface area (Å²) in [6.45, 7) is 7.21. The lowest BCUT2D eigenvalue weighted by atomic mass is 10.4. The maximum Gasteiger partial charge on any atom is 0.314 e. The minimum Gasteiger partial charge on any atom is -0.341 e. The molecule has 0 atom stereocenters. The van der Waals surface area contributed by atoms with Crippen molar-refractivity contribution in [3.8, 4) is 0 Å². The van der Waals surface area contributed by atoms with Gasteiger partial charge in [-0.05, 0) is 12.8 Å². The molecule has 0 saturated heterocycles. The van der Waals surface area contributed by atoms with Crippen LogP contribution in [-0.2, 0) is 0 Å². The molecule has 0 unspecified atom stereocenters. The fourth-order valence-electron chi connectivity index (χ4n) is 0.563. The Morgan fingerprint density at radius 2 is 2.33 bits per heavy atom. The van der Waals surface area contributed by atoms with Crippen LogP contribution in [0.25, 0.3) is 0 Å². The van der Waals surface area contributed by atoms with Crippen molar-refractivity contribution in [2.75, 3.05) is 13.6 Å². The van der Waals surface area contributed by atoms with E-state index in [9.17, 15) is 4.79 Å². The molecule has 0 aromatic rings. The van der Waals surface area contributed by atoms with Crippen LogP contribution in [0.4, 0.5) is 4.79 Å². The van der Waals surface area contributed by atoms with Crippen LogP contribution in [-0.4, -0.2) is 26.3 Å². The Balaban J connectivity index is 3.88. The third kappa shape index (κ3) is 4.27. The van der Waals surface area contributed by atoms with E-state index in [1.165, 1.54) is 0 Å². The van der Waals surface area contributed by atoms with Crippen LogP contribution in [0.15, 0.2) is 29.4 Å². The first-order valence-electron chi connectivity index (χ1n) is 3.48. The van der Waals surface area contributed by atoms with E-state index >= 15 is 0 Å². The van der Waals surface area contributed by atoms with Gasteiger partial charge < -0.3 is 10.6 Å². The van der Waals surface area contributed by atoms with Crippen molar-refractivity contribution in [2.24, 2.45) is 4.99 Å². The van der Waals surface area contributed by atoms with Gasteiger partial charge in [-0.15, -0.1) is 0 Å². The van der Waals surface area contributed by atoms with Crippen LogP contribution in [0, 0.1) is 0 Å². The van der Waals surface area contributed by atoms with Crippen molar-refractivity contribution in [3.05, 3.63) is 24.4 Å². The number of hydrogen-bond acceptors (Lipinski definition) is 2. The highest BCUT2D eigenvalue weighted by Crippen LogP contribution is 1.92. The van der Waals surface area contributed by atoms with E-state index in [1.54, 1.807) is 19.2 Å². The number of carbonyl (C=O) groups excluding carboxylic acids is 1. The normalized spacial score (nSPS) is 10.2. The van der Waals surface area contributed by atoms with E-state index in [0.717, 1.165) is 0 Å². The standard InChI is InChI=1S/C8H13N3O/c1-4-5-7(9-2)6-11-8(12)10-3/h4-5H,1-2,6H2,3H3,(H2,10,11,12)/b7-5-. The van der Waals surface area contributed by atoms with Crippen LogP contribution < -0.4 is 10.6 Å². The highest BCUT2D eigenvalue weighted by Gasteiger charge is 1.95. The van der Waals surface area contributed by atoms with Gasteiger partial charge in [-0.3, -0.25) is 4.99 Å². The fraction of sp³-hybridized carbons (Fsp3) is 0.250. The van der Waals surface area contributed by atoms with E-state index in [0.29, 0.717) is 12.2 Å². The quantitative estimate of drug-likeness (QED) is 0.469. The van der Waals surface area contributed by atoms with Crippen molar-refractivity contribution < 1.29 is 4.79 Å². The maximum atomic E-state index is 10.7. The predicted octanol–water partition coefficient (Wildman–Crippen LogP) is 0.686. The molecule has 0 aromatic heterocycles.